The fraction of sp³-hybridized carbons (Fsp3) is 0.192. The second-order valence-electron chi connectivity index (χ2n) is 7.80. The van der Waals surface area contributed by atoms with Crippen LogP contribution in [0.1, 0.15) is 46.2 Å². The van der Waals surface area contributed by atoms with Gasteiger partial charge in [-0.2, -0.15) is 0 Å². The van der Waals surface area contributed by atoms with Gasteiger partial charge in [0.1, 0.15) is 0 Å². The van der Waals surface area contributed by atoms with Gasteiger partial charge >= 0.3 is 5.97 Å². The lowest BCUT2D eigenvalue weighted by Crippen LogP contribution is -2.30. The lowest BCUT2D eigenvalue weighted by atomic mass is 10.1. The number of nitro benzene ring substituents is 1. The highest BCUT2D eigenvalue weighted by Gasteiger charge is 2.19. The average molecular weight is 491 g/mol. The Morgan fingerprint density at radius 2 is 1.67 bits per heavy atom. The highest BCUT2D eigenvalue weighted by atomic mass is 16.6. The van der Waals surface area contributed by atoms with E-state index in [-0.39, 0.29) is 36.1 Å². The van der Waals surface area contributed by atoms with Crippen LogP contribution < -0.4 is 16.0 Å². The molecule has 3 N–H and O–H groups in total. The summed E-state index contributed by atoms with van der Waals surface area (Å²) in [6, 6.07) is 19.1. The van der Waals surface area contributed by atoms with Crippen LogP contribution in [0.5, 0.6) is 0 Å². The van der Waals surface area contributed by atoms with Crippen molar-refractivity contribution >= 4 is 34.8 Å². The van der Waals surface area contributed by atoms with Crippen molar-refractivity contribution in [1.82, 2.24) is 5.32 Å². The molecule has 0 aliphatic heterocycles. The molecule has 36 heavy (non-hydrogen) atoms. The fourth-order valence-electron chi connectivity index (χ4n) is 3.34. The summed E-state index contributed by atoms with van der Waals surface area (Å²) in [4.78, 5) is 48.0. The molecule has 0 radical (unpaired) electrons. The molecule has 186 valence electrons. The van der Waals surface area contributed by atoms with Gasteiger partial charge in [0.25, 0.3) is 11.6 Å². The first-order valence-electron chi connectivity index (χ1n) is 11.2. The topological polar surface area (TPSA) is 140 Å². The molecule has 1 atom stereocenters. The van der Waals surface area contributed by atoms with E-state index in [1.54, 1.807) is 6.92 Å². The normalized spacial score (nSPS) is 11.3. The molecule has 0 aromatic heterocycles. The van der Waals surface area contributed by atoms with Crippen LogP contribution in [0.15, 0.2) is 72.8 Å². The second-order valence-corrected chi connectivity index (χ2v) is 7.80. The quantitative estimate of drug-likeness (QED) is 0.218. The zero-order valence-corrected chi connectivity index (χ0v) is 19.8. The van der Waals surface area contributed by atoms with E-state index in [9.17, 15) is 24.5 Å². The van der Waals surface area contributed by atoms with Gasteiger partial charge < -0.3 is 20.7 Å². The molecule has 0 fully saturated rings. The summed E-state index contributed by atoms with van der Waals surface area (Å²) < 4.78 is 4.93. The van der Waals surface area contributed by atoms with E-state index in [2.05, 4.69) is 16.0 Å². The smallest absolute Gasteiger partial charge is 0.338 e. The highest BCUT2D eigenvalue weighted by Crippen LogP contribution is 2.24. The Labute approximate surface area is 207 Å². The van der Waals surface area contributed by atoms with Gasteiger partial charge in [-0.3, -0.25) is 19.7 Å². The first-order chi connectivity index (χ1) is 17.3. The molecule has 0 spiro atoms. The summed E-state index contributed by atoms with van der Waals surface area (Å²) in [7, 11) is 0. The van der Waals surface area contributed by atoms with Crippen molar-refractivity contribution in [3.8, 4) is 0 Å². The molecule has 0 saturated carbocycles. The molecule has 10 nitrogen and oxygen atoms in total. The third kappa shape index (κ3) is 6.97. The SMILES string of the molecule is CCOC(=O)c1ccc(NC(=O)c2cc([N+](=O)[O-])ccc2NC(=O)CN[C@@H](C)c2ccccc2)cc1. The number of carbonyl (C=O) groups is 3. The van der Waals surface area contributed by atoms with E-state index in [1.165, 1.54) is 36.4 Å². The van der Waals surface area contributed by atoms with Gasteiger partial charge in [-0.1, -0.05) is 30.3 Å². The average Bonchev–Trinajstić information content (AvgIpc) is 2.88. The number of carbonyl (C=O) groups excluding carboxylic acids is 3. The molecule has 0 aliphatic carbocycles. The first kappa shape index (κ1) is 26.0. The number of hydrogen-bond acceptors (Lipinski definition) is 7. The summed E-state index contributed by atoms with van der Waals surface area (Å²) in [5, 5.41) is 19.6. The predicted molar refractivity (Wildman–Crippen MR) is 135 cm³/mol. The number of nitro groups is 1. The summed E-state index contributed by atoms with van der Waals surface area (Å²) in [6.45, 7) is 3.81. The molecule has 3 aromatic rings. The van der Waals surface area contributed by atoms with Crippen molar-refractivity contribution in [2.45, 2.75) is 19.9 Å². The predicted octanol–water partition coefficient (Wildman–Crippen LogP) is 4.31. The molecular formula is C26H26N4O6. The molecular weight excluding hydrogens is 464 g/mol. The second kappa shape index (κ2) is 12.2. The van der Waals surface area contributed by atoms with Crippen molar-refractivity contribution in [3.05, 3.63) is 99.6 Å². The molecule has 3 rings (SSSR count). The van der Waals surface area contributed by atoms with Gasteiger partial charge in [-0.15, -0.1) is 0 Å². The molecule has 0 saturated heterocycles. The number of rotatable bonds is 10. The van der Waals surface area contributed by atoms with Crippen molar-refractivity contribution < 1.29 is 24.0 Å². The third-order valence-electron chi connectivity index (χ3n) is 5.25. The minimum Gasteiger partial charge on any atom is -0.462 e. The standard InChI is InChI=1S/C26H26N4O6/c1-3-36-26(33)19-9-11-20(12-10-19)28-25(32)22-15-21(30(34)35)13-14-23(22)29-24(31)16-27-17(2)18-7-5-4-6-8-18/h4-15,17,27H,3,16H2,1-2H3,(H,28,32)(H,29,31)/t17-/m0/s1. The lowest BCUT2D eigenvalue weighted by Gasteiger charge is -2.15. The Bertz CT molecular complexity index is 1250. The summed E-state index contributed by atoms with van der Waals surface area (Å²) in [6.07, 6.45) is 0. The number of ether oxygens (including phenoxy) is 1. The van der Waals surface area contributed by atoms with Gasteiger partial charge in [0.2, 0.25) is 5.91 Å². The van der Waals surface area contributed by atoms with Gasteiger partial charge in [0.05, 0.1) is 34.9 Å². The van der Waals surface area contributed by atoms with E-state index >= 15 is 0 Å². The molecule has 10 heteroatoms. The van der Waals surface area contributed by atoms with E-state index < -0.39 is 22.7 Å². The van der Waals surface area contributed by atoms with Crippen LogP contribution in [0.3, 0.4) is 0 Å². The van der Waals surface area contributed by atoms with Crippen LogP contribution in [0.2, 0.25) is 0 Å². The fourth-order valence-corrected chi connectivity index (χ4v) is 3.34. The Balaban J connectivity index is 1.72. The number of non-ortho nitro benzene ring substituents is 1. The van der Waals surface area contributed by atoms with Crippen LogP contribution in [-0.4, -0.2) is 35.9 Å². The van der Waals surface area contributed by atoms with E-state index in [0.29, 0.717) is 11.3 Å². The first-order valence-corrected chi connectivity index (χ1v) is 11.2. The Morgan fingerprint density at radius 1 is 0.972 bits per heavy atom. The Morgan fingerprint density at radius 3 is 2.31 bits per heavy atom. The summed E-state index contributed by atoms with van der Waals surface area (Å²) >= 11 is 0. The number of anilines is 2. The molecule has 2 amide bonds. The molecule has 3 aromatic carbocycles. The Kier molecular flexibility index (Phi) is 8.84. The molecule has 0 aliphatic rings. The zero-order chi connectivity index (χ0) is 26.1. The minimum atomic E-state index is -0.663. The van der Waals surface area contributed by atoms with Gasteiger partial charge in [0.15, 0.2) is 0 Å². The van der Waals surface area contributed by atoms with Crippen LogP contribution in [0, 0.1) is 10.1 Å². The largest absolute Gasteiger partial charge is 0.462 e. The third-order valence-corrected chi connectivity index (χ3v) is 5.25. The van der Waals surface area contributed by atoms with Crippen molar-refractivity contribution in [2.75, 3.05) is 23.8 Å². The van der Waals surface area contributed by atoms with Crippen LogP contribution in [0.4, 0.5) is 17.1 Å². The molecule has 0 unspecified atom stereocenters. The van der Waals surface area contributed by atoms with E-state index in [1.807, 2.05) is 37.3 Å². The molecule has 0 bridgehead atoms. The van der Waals surface area contributed by atoms with Gasteiger partial charge in [-0.25, -0.2) is 4.79 Å². The minimum absolute atomic E-state index is 0.0383. The number of hydrogen-bond donors (Lipinski definition) is 3. The van der Waals surface area contributed by atoms with Crippen molar-refractivity contribution in [3.63, 3.8) is 0 Å². The van der Waals surface area contributed by atoms with E-state index in [4.69, 9.17) is 4.74 Å². The van der Waals surface area contributed by atoms with Gasteiger partial charge in [0, 0.05) is 23.9 Å². The summed E-state index contributed by atoms with van der Waals surface area (Å²) in [5.74, 6) is -1.57. The number of nitrogens with one attached hydrogen (secondary N) is 3. The number of esters is 1. The highest BCUT2D eigenvalue weighted by molar-refractivity contribution is 6.10. The summed E-state index contributed by atoms with van der Waals surface area (Å²) in [5.41, 5.74) is 1.43. The number of benzene rings is 3. The maximum absolute atomic E-state index is 13.0. The molecule has 0 heterocycles. The lowest BCUT2D eigenvalue weighted by molar-refractivity contribution is -0.384. The van der Waals surface area contributed by atoms with Crippen LogP contribution in [0.25, 0.3) is 0 Å². The zero-order valence-electron chi connectivity index (χ0n) is 19.8. The van der Waals surface area contributed by atoms with E-state index in [0.717, 1.165) is 11.6 Å². The van der Waals surface area contributed by atoms with Crippen LogP contribution in [-0.2, 0) is 9.53 Å². The van der Waals surface area contributed by atoms with Crippen LogP contribution >= 0.6 is 0 Å². The van der Waals surface area contributed by atoms with Crippen molar-refractivity contribution in [1.29, 1.82) is 0 Å². The van der Waals surface area contributed by atoms with Crippen molar-refractivity contribution in [2.24, 2.45) is 0 Å². The maximum Gasteiger partial charge on any atom is 0.338 e. The number of nitrogens with zero attached hydrogens (tertiary/aromatic N) is 1. The maximum atomic E-state index is 13.0. The van der Waals surface area contributed by atoms with Gasteiger partial charge in [-0.05, 0) is 49.7 Å². The monoisotopic (exact) mass is 490 g/mol. The number of amides is 2. The Hall–Kier alpha value is -4.57.